The Morgan fingerprint density at radius 3 is 2.59 bits per heavy atom. The first kappa shape index (κ1) is 17.1. The van der Waals surface area contributed by atoms with E-state index in [0.717, 1.165) is 15.7 Å². The van der Waals surface area contributed by atoms with Gasteiger partial charge in [0.1, 0.15) is 11.4 Å². The van der Waals surface area contributed by atoms with Gasteiger partial charge in [-0.1, -0.05) is 24.3 Å². The van der Waals surface area contributed by atoms with Gasteiger partial charge in [0.05, 0.1) is 5.52 Å². The van der Waals surface area contributed by atoms with E-state index in [0.29, 0.717) is 23.7 Å². The highest BCUT2D eigenvalue weighted by Crippen LogP contribution is 2.30. The quantitative estimate of drug-likeness (QED) is 0.773. The average molecular weight is 365 g/mol. The second-order valence-corrected chi connectivity index (χ2v) is 6.85. The van der Waals surface area contributed by atoms with Crippen LogP contribution in [0.1, 0.15) is 32.7 Å². The number of hydrogen-bond acceptors (Lipinski definition) is 3. The molecule has 0 fully saturated rings. The van der Waals surface area contributed by atoms with E-state index in [-0.39, 0.29) is 18.2 Å². The van der Waals surface area contributed by atoms with Crippen LogP contribution < -0.4 is 5.56 Å². The molecule has 2 aromatic carbocycles. The van der Waals surface area contributed by atoms with Crippen LogP contribution in [0.3, 0.4) is 0 Å². The van der Waals surface area contributed by atoms with Gasteiger partial charge in [-0.25, -0.2) is 13.8 Å². The molecule has 0 aliphatic heterocycles. The minimum atomic E-state index is -1.36. The Kier molecular flexibility index (Phi) is 4.11. The molecule has 0 spiro atoms. The Hall–Kier alpha value is -3.28. The Morgan fingerprint density at radius 1 is 1.07 bits per heavy atom. The molecule has 1 aliphatic rings. The molecule has 136 valence electrons. The minimum absolute atomic E-state index is 0.0477. The van der Waals surface area contributed by atoms with Crippen LogP contribution in [0.25, 0.3) is 10.9 Å². The topological polar surface area (TPSA) is 76.4 Å². The molecule has 1 heterocycles. The van der Waals surface area contributed by atoms with E-state index >= 15 is 0 Å². The van der Waals surface area contributed by atoms with Crippen molar-refractivity contribution < 1.29 is 19.1 Å². The molecule has 1 aliphatic carbocycles. The fourth-order valence-corrected chi connectivity index (χ4v) is 3.82. The molecule has 0 saturated carbocycles. The highest BCUT2D eigenvalue weighted by molar-refractivity contribution is 5.97. The zero-order chi connectivity index (χ0) is 19.1. The fraction of sp³-hybridized carbons (Fsp3) is 0.190. The van der Waals surface area contributed by atoms with Gasteiger partial charge in [-0.3, -0.25) is 9.59 Å². The summed E-state index contributed by atoms with van der Waals surface area (Å²) in [6, 6.07) is 12.6. The molecule has 0 radical (unpaired) electrons. The van der Waals surface area contributed by atoms with Crippen molar-refractivity contribution in [2.75, 3.05) is 0 Å². The van der Waals surface area contributed by atoms with Gasteiger partial charge in [-0.15, -0.1) is 0 Å². The van der Waals surface area contributed by atoms with Crippen molar-refractivity contribution in [1.82, 2.24) is 4.57 Å². The minimum Gasteiger partial charge on any atom is -0.477 e. The number of aromatic carboxylic acids is 1. The molecular weight excluding hydrogens is 349 g/mol. The number of fused-ring (bicyclic) bond motifs is 2. The summed E-state index contributed by atoms with van der Waals surface area (Å²) in [5.41, 5.74) is 1.01. The number of carbonyl (C=O) groups is 2. The number of halogens is 1. The highest BCUT2D eigenvalue weighted by Gasteiger charge is 2.26. The van der Waals surface area contributed by atoms with Crippen molar-refractivity contribution in [3.8, 4) is 0 Å². The van der Waals surface area contributed by atoms with Crippen molar-refractivity contribution in [2.45, 2.75) is 19.3 Å². The van der Waals surface area contributed by atoms with Gasteiger partial charge >= 0.3 is 5.97 Å². The molecule has 1 atom stereocenters. The number of para-hydroxylation sites is 1. The van der Waals surface area contributed by atoms with Crippen LogP contribution in [0.2, 0.25) is 0 Å². The first-order valence-corrected chi connectivity index (χ1v) is 8.62. The van der Waals surface area contributed by atoms with Crippen LogP contribution in [0.15, 0.2) is 53.3 Å². The third kappa shape index (κ3) is 3.03. The molecule has 4 rings (SSSR count). The average Bonchev–Trinajstić information content (AvgIpc) is 3.01. The van der Waals surface area contributed by atoms with E-state index in [1.54, 1.807) is 30.3 Å². The molecule has 6 heteroatoms. The number of carbonyl (C=O) groups excluding carboxylic acids is 1. The largest absolute Gasteiger partial charge is 0.477 e. The Balaban J connectivity index is 1.70. The van der Waals surface area contributed by atoms with Crippen molar-refractivity contribution in [2.24, 2.45) is 5.92 Å². The van der Waals surface area contributed by atoms with Crippen LogP contribution in [0, 0.1) is 11.7 Å². The first-order valence-electron chi connectivity index (χ1n) is 8.62. The van der Waals surface area contributed by atoms with Gasteiger partial charge in [0.25, 0.3) is 5.56 Å². The lowest BCUT2D eigenvalue weighted by Gasteiger charge is -2.13. The van der Waals surface area contributed by atoms with Crippen LogP contribution in [-0.4, -0.2) is 21.6 Å². The monoisotopic (exact) mass is 365 g/mol. The smallest absolute Gasteiger partial charge is 0.341 e. The van der Waals surface area contributed by atoms with Crippen molar-refractivity contribution in [3.63, 3.8) is 0 Å². The normalized spacial score (nSPS) is 15.7. The first-order chi connectivity index (χ1) is 12.9. The van der Waals surface area contributed by atoms with Crippen LogP contribution >= 0.6 is 0 Å². The lowest BCUT2D eigenvalue weighted by molar-refractivity contribution is 0.0694. The van der Waals surface area contributed by atoms with Gasteiger partial charge in [-0.05, 0) is 59.5 Å². The number of hydrogen-bond donors (Lipinski definition) is 1. The maximum Gasteiger partial charge on any atom is 0.341 e. The van der Waals surface area contributed by atoms with E-state index in [2.05, 4.69) is 0 Å². The zero-order valence-electron chi connectivity index (χ0n) is 14.3. The summed E-state index contributed by atoms with van der Waals surface area (Å²) < 4.78 is 14.4. The number of nitrogens with zero attached hydrogens (tertiary/aromatic N) is 1. The Morgan fingerprint density at radius 2 is 1.81 bits per heavy atom. The summed E-state index contributed by atoms with van der Waals surface area (Å²) in [4.78, 5) is 36.9. The van der Waals surface area contributed by atoms with E-state index < -0.39 is 23.0 Å². The van der Waals surface area contributed by atoms with E-state index in [4.69, 9.17) is 0 Å². The summed E-state index contributed by atoms with van der Waals surface area (Å²) in [6.45, 7) is 0. The van der Waals surface area contributed by atoms with Gasteiger partial charge < -0.3 is 5.11 Å². The lowest BCUT2D eigenvalue weighted by Crippen LogP contribution is -2.32. The van der Waals surface area contributed by atoms with Crippen molar-refractivity contribution >= 4 is 22.8 Å². The summed E-state index contributed by atoms with van der Waals surface area (Å²) in [5, 5.41) is 9.81. The second-order valence-electron chi connectivity index (χ2n) is 6.85. The SMILES string of the molecule is O=C(O)c1cc2ccccc2n(C(=O)CC2Cc3ccc(F)cc3C2)c1=O. The number of benzene rings is 2. The molecule has 3 aromatic rings. The van der Waals surface area contributed by atoms with E-state index in [1.165, 1.54) is 18.2 Å². The summed E-state index contributed by atoms with van der Waals surface area (Å²) in [5.74, 6) is -2.17. The Labute approximate surface area is 153 Å². The lowest BCUT2D eigenvalue weighted by atomic mass is 10.0. The number of carboxylic acid groups (broad SMARTS) is 1. The summed E-state index contributed by atoms with van der Waals surface area (Å²) in [6.07, 6.45) is 1.28. The van der Waals surface area contributed by atoms with Crippen molar-refractivity contribution in [3.05, 3.63) is 81.4 Å². The molecule has 0 amide bonds. The van der Waals surface area contributed by atoms with Crippen LogP contribution in [-0.2, 0) is 12.8 Å². The third-order valence-electron chi connectivity index (χ3n) is 5.04. The number of rotatable bonds is 3. The zero-order valence-corrected chi connectivity index (χ0v) is 14.3. The second kappa shape index (κ2) is 6.46. The molecule has 0 bridgehead atoms. The Bertz CT molecular complexity index is 1150. The fourth-order valence-electron chi connectivity index (χ4n) is 3.82. The predicted molar refractivity (Wildman–Crippen MR) is 97.7 cm³/mol. The molecule has 27 heavy (non-hydrogen) atoms. The molecule has 1 N–H and O–H groups in total. The van der Waals surface area contributed by atoms with Gasteiger partial charge in [0, 0.05) is 6.42 Å². The standard InChI is InChI=1S/C21H16FNO4/c22-16-6-5-13-7-12(8-15(13)10-16)9-19(24)23-18-4-2-1-3-14(18)11-17(20(23)25)21(26)27/h1-6,10-12H,7-9H2,(H,26,27). The van der Waals surface area contributed by atoms with E-state index in [1.807, 2.05) is 0 Å². The number of aromatic nitrogens is 1. The molecular formula is C21H16FNO4. The van der Waals surface area contributed by atoms with Gasteiger partial charge in [-0.2, -0.15) is 0 Å². The highest BCUT2D eigenvalue weighted by atomic mass is 19.1. The van der Waals surface area contributed by atoms with Crippen LogP contribution in [0.4, 0.5) is 4.39 Å². The maximum atomic E-state index is 13.4. The molecule has 5 nitrogen and oxygen atoms in total. The third-order valence-corrected chi connectivity index (χ3v) is 5.04. The number of carboxylic acids is 1. The summed E-state index contributed by atoms with van der Waals surface area (Å²) in [7, 11) is 0. The molecule has 0 saturated heterocycles. The summed E-state index contributed by atoms with van der Waals surface area (Å²) >= 11 is 0. The molecule has 1 aromatic heterocycles. The molecule has 1 unspecified atom stereocenters. The predicted octanol–water partition coefficient (Wildman–Crippen LogP) is 3.28. The van der Waals surface area contributed by atoms with Crippen molar-refractivity contribution in [1.29, 1.82) is 0 Å². The number of pyridine rings is 1. The van der Waals surface area contributed by atoms with E-state index in [9.17, 15) is 23.9 Å². The van der Waals surface area contributed by atoms with Gasteiger partial charge in [0.2, 0.25) is 5.91 Å². The van der Waals surface area contributed by atoms with Crippen LogP contribution in [0.5, 0.6) is 0 Å². The maximum absolute atomic E-state index is 13.4. The van der Waals surface area contributed by atoms with Gasteiger partial charge in [0.15, 0.2) is 0 Å².